The first kappa shape index (κ1) is 12.2. The van der Waals surface area contributed by atoms with Crippen LogP contribution in [0.25, 0.3) is 5.69 Å². The van der Waals surface area contributed by atoms with Crippen molar-refractivity contribution in [2.24, 2.45) is 0 Å². The number of carboxylic acids is 1. The monoisotopic (exact) mass is 280 g/mol. The van der Waals surface area contributed by atoms with Gasteiger partial charge in [0, 0.05) is 11.3 Å². The smallest absolute Gasteiger partial charge is 0.356 e. The average molecular weight is 281 g/mol. The number of aromatic nitrogens is 2. The van der Waals surface area contributed by atoms with Gasteiger partial charge in [-0.3, -0.25) is 0 Å². The van der Waals surface area contributed by atoms with Gasteiger partial charge in [-0.05, 0) is 37.5 Å². The highest BCUT2D eigenvalue weighted by atomic mass is 35.5. The van der Waals surface area contributed by atoms with Crippen molar-refractivity contribution in [3.8, 4) is 5.69 Å². The minimum atomic E-state index is -1.05. The van der Waals surface area contributed by atoms with E-state index in [2.05, 4.69) is 5.10 Å². The second-order valence-corrected chi connectivity index (χ2v) is 4.85. The number of aromatic carboxylic acids is 1. The van der Waals surface area contributed by atoms with Crippen molar-refractivity contribution in [3.05, 3.63) is 46.0 Å². The maximum Gasteiger partial charge on any atom is 0.356 e. The number of fused-ring (bicyclic) bond motifs is 1. The van der Waals surface area contributed by atoms with Gasteiger partial charge in [-0.25, -0.2) is 13.9 Å². The number of carbonyl (C=O) groups is 1. The van der Waals surface area contributed by atoms with E-state index in [0.29, 0.717) is 12.1 Å². The van der Waals surface area contributed by atoms with Crippen LogP contribution in [0.2, 0.25) is 5.02 Å². The predicted octanol–water partition coefficient (Wildman–Crippen LogP) is 2.85. The lowest BCUT2D eigenvalue weighted by molar-refractivity contribution is 0.0689. The molecular formula is C13H10ClFN2O2. The lowest BCUT2D eigenvalue weighted by Gasteiger charge is -2.07. The van der Waals surface area contributed by atoms with E-state index in [9.17, 15) is 9.18 Å². The predicted molar refractivity (Wildman–Crippen MR) is 67.5 cm³/mol. The number of rotatable bonds is 2. The molecule has 1 aliphatic carbocycles. The molecule has 0 radical (unpaired) electrons. The molecule has 4 nitrogen and oxygen atoms in total. The number of carboxylic acid groups (broad SMARTS) is 1. The molecule has 1 heterocycles. The van der Waals surface area contributed by atoms with Crippen molar-refractivity contribution in [2.45, 2.75) is 19.3 Å². The molecule has 1 aliphatic rings. The van der Waals surface area contributed by atoms with E-state index in [1.807, 2.05) is 0 Å². The van der Waals surface area contributed by atoms with Crippen molar-refractivity contribution in [1.82, 2.24) is 9.78 Å². The highest BCUT2D eigenvalue weighted by Crippen LogP contribution is 2.30. The molecule has 0 atom stereocenters. The summed E-state index contributed by atoms with van der Waals surface area (Å²) in [5.74, 6) is -1.48. The maximum absolute atomic E-state index is 13.1. The van der Waals surface area contributed by atoms with Gasteiger partial charge in [0.15, 0.2) is 5.69 Å². The largest absolute Gasteiger partial charge is 0.476 e. The van der Waals surface area contributed by atoms with Crippen LogP contribution < -0.4 is 0 Å². The zero-order valence-electron chi connectivity index (χ0n) is 9.86. The fourth-order valence-corrected chi connectivity index (χ4v) is 2.71. The second kappa shape index (κ2) is 4.35. The van der Waals surface area contributed by atoms with Crippen LogP contribution in [0.1, 0.15) is 28.2 Å². The third-order valence-electron chi connectivity index (χ3n) is 3.27. The molecular weight excluding hydrogens is 271 g/mol. The average Bonchev–Trinajstić information content (AvgIpc) is 2.90. The fourth-order valence-electron chi connectivity index (χ4n) is 2.46. The van der Waals surface area contributed by atoms with Gasteiger partial charge < -0.3 is 5.11 Å². The van der Waals surface area contributed by atoms with Crippen molar-refractivity contribution in [2.75, 3.05) is 0 Å². The Morgan fingerprint density at radius 3 is 2.89 bits per heavy atom. The van der Waals surface area contributed by atoms with Crippen LogP contribution in [0.5, 0.6) is 0 Å². The Bertz CT molecular complexity index is 682. The minimum absolute atomic E-state index is 0.0629. The van der Waals surface area contributed by atoms with Gasteiger partial charge in [0.2, 0.25) is 0 Å². The minimum Gasteiger partial charge on any atom is -0.476 e. The van der Waals surface area contributed by atoms with Gasteiger partial charge in [0.25, 0.3) is 0 Å². The molecule has 1 aromatic heterocycles. The first-order chi connectivity index (χ1) is 9.08. The molecule has 19 heavy (non-hydrogen) atoms. The number of hydrogen-bond donors (Lipinski definition) is 1. The Morgan fingerprint density at radius 1 is 1.42 bits per heavy atom. The molecule has 0 spiro atoms. The molecule has 2 aromatic rings. The molecule has 1 aromatic carbocycles. The van der Waals surface area contributed by atoms with E-state index >= 15 is 0 Å². The van der Waals surface area contributed by atoms with Gasteiger partial charge in [-0.1, -0.05) is 11.6 Å². The Labute approximate surface area is 113 Å². The topological polar surface area (TPSA) is 55.1 Å². The normalized spacial score (nSPS) is 13.6. The lowest BCUT2D eigenvalue weighted by atomic mass is 10.2. The van der Waals surface area contributed by atoms with E-state index in [1.54, 1.807) is 0 Å². The van der Waals surface area contributed by atoms with E-state index < -0.39 is 11.8 Å². The van der Waals surface area contributed by atoms with Crippen LogP contribution in [-0.2, 0) is 12.8 Å². The van der Waals surface area contributed by atoms with Gasteiger partial charge in [-0.15, -0.1) is 0 Å². The summed E-state index contributed by atoms with van der Waals surface area (Å²) in [7, 11) is 0. The lowest BCUT2D eigenvalue weighted by Crippen LogP contribution is -2.05. The van der Waals surface area contributed by atoms with Gasteiger partial charge in [0.1, 0.15) is 5.82 Å². The first-order valence-corrected chi connectivity index (χ1v) is 6.25. The quantitative estimate of drug-likeness (QED) is 0.920. The van der Waals surface area contributed by atoms with Crippen molar-refractivity contribution >= 4 is 17.6 Å². The Kier molecular flexibility index (Phi) is 2.78. The number of nitrogens with zero attached hydrogens (tertiary/aromatic N) is 2. The summed E-state index contributed by atoms with van der Waals surface area (Å²) >= 11 is 6.01. The summed E-state index contributed by atoms with van der Waals surface area (Å²) in [5, 5.41) is 13.5. The number of hydrogen-bond acceptors (Lipinski definition) is 2. The molecule has 1 N–H and O–H groups in total. The standard InChI is InChI=1S/C13H10ClFN2O2/c14-9-6-7(15)4-5-11(9)17-10-3-1-2-8(10)12(16-17)13(18)19/h4-6H,1-3H2,(H,18,19). The summed E-state index contributed by atoms with van der Waals surface area (Å²) < 4.78 is 14.6. The zero-order chi connectivity index (χ0) is 13.6. The highest BCUT2D eigenvalue weighted by molar-refractivity contribution is 6.32. The summed E-state index contributed by atoms with van der Waals surface area (Å²) in [6.07, 6.45) is 2.35. The van der Waals surface area contributed by atoms with E-state index in [4.69, 9.17) is 16.7 Å². The van der Waals surface area contributed by atoms with Crippen molar-refractivity contribution < 1.29 is 14.3 Å². The Morgan fingerprint density at radius 2 is 2.21 bits per heavy atom. The van der Waals surface area contributed by atoms with Gasteiger partial charge in [0.05, 0.1) is 10.7 Å². The van der Waals surface area contributed by atoms with E-state index in [-0.39, 0.29) is 10.7 Å². The van der Waals surface area contributed by atoms with Gasteiger partial charge >= 0.3 is 5.97 Å². The molecule has 0 saturated heterocycles. The second-order valence-electron chi connectivity index (χ2n) is 4.44. The van der Waals surface area contributed by atoms with Gasteiger partial charge in [-0.2, -0.15) is 5.10 Å². The summed E-state index contributed by atoms with van der Waals surface area (Å²) in [5.41, 5.74) is 2.18. The summed E-state index contributed by atoms with van der Waals surface area (Å²) in [6.45, 7) is 0. The Hall–Kier alpha value is -1.88. The molecule has 0 saturated carbocycles. The number of benzene rings is 1. The molecule has 3 rings (SSSR count). The molecule has 0 aliphatic heterocycles. The van der Waals surface area contributed by atoms with Crippen LogP contribution >= 0.6 is 11.6 Å². The molecule has 0 fully saturated rings. The van der Waals surface area contributed by atoms with Crippen LogP contribution in [0.4, 0.5) is 4.39 Å². The van der Waals surface area contributed by atoms with Crippen LogP contribution in [0.3, 0.4) is 0 Å². The highest BCUT2D eigenvalue weighted by Gasteiger charge is 2.27. The molecule has 6 heteroatoms. The summed E-state index contributed by atoms with van der Waals surface area (Å²) in [4.78, 5) is 11.2. The molecule has 0 unspecified atom stereocenters. The van der Waals surface area contributed by atoms with E-state index in [1.165, 1.54) is 22.9 Å². The third kappa shape index (κ3) is 1.90. The summed E-state index contributed by atoms with van der Waals surface area (Å²) in [6, 6.07) is 3.99. The van der Waals surface area contributed by atoms with Crippen molar-refractivity contribution in [1.29, 1.82) is 0 Å². The van der Waals surface area contributed by atoms with Crippen LogP contribution in [0, 0.1) is 5.82 Å². The van der Waals surface area contributed by atoms with Crippen LogP contribution in [-0.4, -0.2) is 20.9 Å². The zero-order valence-corrected chi connectivity index (χ0v) is 10.6. The van der Waals surface area contributed by atoms with Crippen LogP contribution in [0.15, 0.2) is 18.2 Å². The van der Waals surface area contributed by atoms with E-state index in [0.717, 1.165) is 24.1 Å². The number of halogens is 2. The Balaban J connectivity index is 2.21. The van der Waals surface area contributed by atoms with Crippen molar-refractivity contribution in [3.63, 3.8) is 0 Å². The SMILES string of the molecule is O=C(O)c1nn(-c2ccc(F)cc2Cl)c2c1CCC2. The first-order valence-electron chi connectivity index (χ1n) is 5.87. The molecule has 0 bridgehead atoms. The molecule has 0 amide bonds. The third-order valence-corrected chi connectivity index (χ3v) is 3.57. The fraction of sp³-hybridized carbons (Fsp3) is 0.231. The molecule has 98 valence electrons. The maximum atomic E-state index is 13.1.